The second-order valence-corrected chi connectivity index (χ2v) is 5.25. The topological polar surface area (TPSA) is 50.9 Å². The number of thiocarbonyl (C=S) groups is 1. The Kier molecular flexibility index (Phi) is 3.10. The van der Waals surface area contributed by atoms with E-state index in [0.717, 1.165) is 12.2 Å². The zero-order valence-corrected chi connectivity index (χ0v) is 10.3. The molecule has 1 aromatic heterocycles. The van der Waals surface area contributed by atoms with Crippen LogP contribution in [0.25, 0.3) is 0 Å². The molecule has 1 heterocycles. The molecule has 1 aromatic rings. The van der Waals surface area contributed by atoms with Gasteiger partial charge < -0.3 is 11.1 Å². The van der Waals surface area contributed by atoms with E-state index in [0.29, 0.717) is 16.1 Å². The van der Waals surface area contributed by atoms with E-state index < -0.39 is 0 Å². The fourth-order valence-electron chi connectivity index (χ4n) is 1.92. The highest BCUT2D eigenvalue weighted by Gasteiger charge is 2.31. The van der Waals surface area contributed by atoms with Crippen molar-refractivity contribution in [1.29, 1.82) is 0 Å². The average Bonchev–Trinajstić information content (AvgIpc) is 2.24. The van der Waals surface area contributed by atoms with Crippen molar-refractivity contribution in [2.45, 2.75) is 26.2 Å². The number of anilines is 1. The van der Waals surface area contributed by atoms with Crippen LogP contribution in [0.3, 0.4) is 0 Å². The summed E-state index contributed by atoms with van der Waals surface area (Å²) < 4.78 is 0. The van der Waals surface area contributed by atoms with Gasteiger partial charge in [0.15, 0.2) is 0 Å². The molecular weight excluding hydrogens is 218 g/mol. The Hall–Kier alpha value is -1.16. The molecule has 0 saturated heterocycles. The lowest BCUT2D eigenvalue weighted by atomic mass is 9.70. The van der Waals surface area contributed by atoms with Crippen molar-refractivity contribution >= 4 is 22.9 Å². The van der Waals surface area contributed by atoms with Gasteiger partial charge in [-0.2, -0.15) is 0 Å². The van der Waals surface area contributed by atoms with Crippen molar-refractivity contribution < 1.29 is 0 Å². The molecule has 1 aliphatic carbocycles. The largest absolute Gasteiger partial charge is 0.388 e. The fraction of sp³-hybridized carbons (Fsp3) is 0.500. The van der Waals surface area contributed by atoms with Crippen molar-refractivity contribution in [1.82, 2.24) is 4.98 Å². The maximum atomic E-state index is 5.49. The number of pyridine rings is 1. The Morgan fingerprint density at radius 1 is 1.56 bits per heavy atom. The molecule has 4 heteroatoms. The van der Waals surface area contributed by atoms with Crippen molar-refractivity contribution in [3.63, 3.8) is 0 Å². The van der Waals surface area contributed by atoms with E-state index >= 15 is 0 Å². The first-order chi connectivity index (χ1) is 7.59. The molecule has 0 aliphatic heterocycles. The number of nitrogens with two attached hydrogens (primary N) is 1. The van der Waals surface area contributed by atoms with E-state index in [4.69, 9.17) is 18.0 Å². The van der Waals surface area contributed by atoms with Gasteiger partial charge in [-0.1, -0.05) is 25.6 Å². The van der Waals surface area contributed by atoms with Crippen LogP contribution in [0, 0.1) is 5.41 Å². The molecule has 0 aromatic carbocycles. The molecule has 0 radical (unpaired) electrons. The van der Waals surface area contributed by atoms with Crippen LogP contribution >= 0.6 is 12.2 Å². The molecule has 1 aliphatic rings. The molecule has 86 valence electrons. The van der Waals surface area contributed by atoms with E-state index in [1.54, 1.807) is 6.20 Å². The normalized spacial score (nSPS) is 17.6. The van der Waals surface area contributed by atoms with Crippen LogP contribution < -0.4 is 11.1 Å². The van der Waals surface area contributed by atoms with Crippen LogP contribution in [-0.4, -0.2) is 16.5 Å². The predicted octanol–water partition coefficient (Wildman–Crippen LogP) is 2.32. The van der Waals surface area contributed by atoms with Gasteiger partial charge >= 0.3 is 0 Å². The molecule has 0 atom stereocenters. The first-order valence-electron chi connectivity index (χ1n) is 5.59. The third kappa shape index (κ3) is 2.50. The van der Waals surface area contributed by atoms with Crippen LogP contribution in [0.5, 0.6) is 0 Å². The minimum atomic E-state index is 0.345. The van der Waals surface area contributed by atoms with Crippen molar-refractivity contribution in [3.05, 3.63) is 24.0 Å². The first kappa shape index (κ1) is 11.3. The standard InChI is InChI=1S/C12H17N3S/c1-12(5-2-6-12)8-15-9-3-4-10(11(13)16)14-7-9/h3-4,7,15H,2,5-6,8H2,1H3,(H2,13,16). The first-order valence-corrected chi connectivity index (χ1v) is 6.00. The predicted molar refractivity (Wildman–Crippen MR) is 70.6 cm³/mol. The van der Waals surface area contributed by atoms with E-state index in [1.165, 1.54) is 19.3 Å². The maximum Gasteiger partial charge on any atom is 0.122 e. The van der Waals surface area contributed by atoms with E-state index in [9.17, 15) is 0 Å². The van der Waals surface area contributed by atoms with Crippen molar-refractivity contribution in [2.24, 2.45) is 11.1 Å². The second kappa shape index (κ2) is 4.37. The van der Waals surface area contributed by atoms with Crippen molar-refractivity contribution in [2.75, 3.05) is 11.9 Å². The summed E-state index contributed by atoms with van der Waals surface area (Å²) in [6.45, 7) is 3.33. The van der Waals surface area contributed by atoms with Crippen LogP contribution in [0.4, 0.5) is 5.69 Å². The highest BCUT2D eigenvalue weighted by atomic mass is 32.1. The van der Waals surface area contributed by atoms with Gasteiger partial charge in [-0.3, -0.25) is 4.98 Å². The number of aromatic nitrogens is 1. The van der Waals surface area contributed by atoms with Gasteiger partial charge in [0.05, 0.1) is 17.6 Å². The van der Waals surface area contributed by atoms with Gasteiger partial charge in [-0.05, 0) is 30.4 Å². The molecule has 0 spiro atoms. The molecule has 0 amide bonds. The number of nitrogens with zero attached hydrogens (tertiary/aromatic N) is 1. The van der Waals surface area contributed by atoms with Gasteiger partial charge in [0, 0.05) is 6.54 Å². The quantitative estimate of drug-likeness (QED) is 0.786. The van der Waals surface area contributed by atoms with Gasteiger partial charge in [-0.15, -0.1) is 0 Å². The smallest absolute Gasteiger partial charge is 0.122 e. The summed E-state index contributed by atoms with van der Waals surface area (Å²) >= 11 is 4.85. The summed E-state index contributed by atoms with van der Waals surface area (Å²) in [6, 6.07) is 3.83. The lowest BCUT2D eigenvalue weighted by molar-refractivity contribution is 0.180. The third-order valence-electron chi connectivity index (χ3n) is 3.30. The van der Waals surface area contributed by atoms with Crippen LogP contribution in [-0.2, 0) is 0 Å². The van der Waals surface area contributed by atoms with Crippen molar-refractivity contribution in [3.8, 4) is 0 Å². The molecule has 1 fully saturated rings. The molecule has 2 rings (SSSR count). The number of nitrogens with one attached hydrogen (secondary N) is 1. The molecule has 0 bridgehead atoms. The van der Waals surface area contributed by atoms with Crippen LogP contribution in [0.15, 0.2) is 18.3 Å². The fourth-order valence-corrected chi connectivity index (χ4v) is 2.04. The number of hydrogen-bond acceptors (Lipinski definition) is 3. The Morgan fingerprint density at radius 2 is 2.31 bits per heavy atom. The number of rotatable bonds is 4. The summed E-state index contributed by atoms with van der Waals surface area (Å²) in [4.78, 5) is 4.54. The zero-order chi connectivity index (χ0) is 11.6. The summed E-state index contributed by atoms with van der Waals surface area (Å²) in [5.74, 6) is 0. The molecule has 3 N–H and O–H groups in total. The Morgan fingerprint density at radius 3 is 2.75 bits per heavy atom. The van der Waals surface area contributed by atoms with E-state index in [1.807, 2.05) is 12.1 Å². The monoisotopic (exact) mass is 235 g/mol. The SMILES string of the molecule is CC1(CNc2ccc(C(N)=S)nc2)CCC1. The van der Waals surface area contributed by atoms with E-state index in [2.05, 4.69) is 17.2 Å². The van der Waals surface area contributed by atoms with E-state index in [-0.39, 0.29) is 0 Å². The van der Waals surface area contributed by atoms with Crippen LogP contribution in [0.1, 0.15) is 31.9 Å². The lowest BCUT2D eigenvalue weighted by Gasteiger charge is -2.38. The second-order valence-electron chi connectivity index (χ2n) is 4.81. The molecule has 1 saturated carbocycles. The summed E-state index contributed by atoms with van der Waals surface area (Å²) in [5, 5.41) is 3.41. The van der Waals surface area contributed by atoms with Crippen LogP contribution in [0.2, 0.25) is 0 Å². The highest BCUT2D eigenvalue weighted by molar-refractivity contribution is 7.80. The Labute approximate surface area is 101 Å². The third-order valence-corrected chi connectivity index (χ3v) is 3.51. The molecule has 3 nitrogen and oxygen atoms in total. The summed E-state index contributed by atoms with van der Waals surface area (Å²) in [7, 11) is 0. The molecular formula is C12H17N3S. The van der Waals surface area contributed by atoms with Gasteiger partial charge in [0.1, 0.15) is 4.99 Å². The summed E-state index contributed by atoms with van der Waals surface area (Å²) in [6.07, 6.45) is 5.78. The Balaban J connectivity index is 1.92. The lowest BCUT2D eigenvalue weighted by Crippen LogP contribution is -2.33. The van der Waals surface area contributed by atoms with Gasteiger partial charge in [-0.25, -0.2) is 0 Å². The van der Waals surface area contributed by atoms with Gasteiger partial charge in [0.2, 0.25) is 0 Å². The Bertz CT molecular complexity index is 382. The zero-order valence-electron chi connectivity index (χ0n) is 9.49. The number of hydrogen-bond donors (Lipinski definition) is 2. The minimum Gasteiger partial charge on any atom is -0.388 e. The molecule has 16 heavy (non-hydrogen) atoms. The average molecular weight is 235 g/mol. The van der Waals surface area contributed by atoms with Gasteiger partial charge in [0.25, 0.3) is 0 Å². The summed E-state index contributed by atoms with van der Waals surface area (Å²) in [5.41, 5.74) is 7.67. The maximum absolute atomic E-state index is 5.49. The molecule has 0 unspecified atom stereocenters. The minimum absolute atomic E-state index is 0.345. The highest BCUT2D eigenvalue weighted by Crippen LogP contribution is 2.40.